The van der Waals surface area contributed by atoms with E-state index in [0.717, 1.165) is 38.9 Å². The van der Waals surface area contributed by atoms with Crippen molar-refractivity contribution < 1.29 is 31.5 Å². The monoisotopic (exact) mass is 508 g/mol. The van der Waals surface area contributed by atoms with Crippen molar-refractivity contribution in [2.75, 3.05) is 26.2 Å². The van der Waals surface area contributed by atoms with Gasteiger partial charge in [0.25, 0.3) is 5.91 Å². The third kappa shape index (κ3) is 5.94. The van der Waals surface area contributed by atoms with Crippen molar-refractivity contribution in [1.29, 1.82) is 0 Å². The lowest BCUT2D eigenvalue weighted by Gasteiger charge is -2.33. The van der Waals surface area contributed by atoms with E-state index in [1.807, 2.05) is 6.07 Å². The molecule has 0 saturated carbocycles. The molecule has 2 aromatic carbocycles. The van der Waals surface area contributed by atoms with Gasteiger partial charge in [0.15, 0.2) is 5.78 Å². The van der Waals surface area contributed by atoms with Gasteiger partial charge in [-0.1, -0.05) is 36.4 Å². The minimum absolute atomic E-state index is 0.00835. The highest BCUT2D eigenvalue weighted by Crippen LogP contribution is 2.35. The van der Waals surface area contributed by atoms with E-state index in [1.165, 1.54) is 23.8 Å². The first-order valence-electron chi connectivity index (χ1n) is 12.2. The number of hydrogen-bond donors (Lipinski definition) is 1. The summed E-state index contributed by atoms with van der Waals surface area (Å²) in [7, 11) is 0. The third-order valence-electron chi connectivity index (χ3n) is 7.30. The van der Waals surface area contributed by atoms with Gasteiger partial charge in [0.05, 0.1) is 6.54 Å². The van der Waals surface area contributed by atoms with E-state index in [-0.39, 0.29) is 17.3 Å². The van der Waals surface area contributed by atoms with E-state index in [1.54, 1.807) is 5.32 Å². The van der Waals surface area contributed by atoms with Gasteiger partial charge in [-0.15, -0.1) is 0 Å². The Morgan fingerprint density at radius 1 is 0.972 bits per heavy atom. The standard InChI is InChI=1S/C27H29F5N2O2/c28-26(29,27(30,31)32)17-33-25(36)22-8-9-23-21(16-22)7-6-20(24(23)35)12-15-34-13-10-19(11-14-34)18-4-2-1-3-5-18/h1-5,8-9,16,19-20H,6-7,10-15,17H2,(H,33,36). The van der Waals surface area contributed by atoms with E-state index in [9.17, 15) is 31.5 Å². The van der Waals surface area contributed by atoms with Gasteiger partial charge < -0.3 is 10.2 Å². The maximum atomic E-state index is 13.1. The first kappa shape index (κ1) is 26.3. The molecular weight excluding hydrogens is 479 g/mol. The van der Waals surface area contributed by atoms with Crippen LogP contribution in [-0.2, 0) is 6.42 Å². The highest BCUT2D eigenvalue weighted by Gasteiger charge is 2.57. The van der Waals surface area contributed by atoms with Crippen molar-refractivity contribution in [3.63, 3.8) is 0 Å². The van der Waals surface area contributed by atoms with Gasteiger partial charge in [-0.3, -0.25) is 9.59 Å². The van der Waals surface area contributed by atoms with Crippen LogP contribution in [0.1, 0.15) is 63.4 Å². The molecule has 0 aromatic heterocycles. The summed E-state index contributed by atoms with van der Waals surface area (Å²) in [5.74, 6) is -5.62. The molecule has 1 saturated heterocycles. The lowest BCUT2D eigenvalue weighted by molar-refractivity contribution is -0.278. The molecule has 0 bridgehead atoms. The fraction of sp³-hybridized carbons (Fsp3) is 0.481. The zero-order valence-corrected chi connectivity index (χ0v) is 19.8. The van der Waals surface area contributed by atoms with Crippen LogP contribution < -0.4 is 5.32 Å². The number of likely N-dealkylation sites (tertiary alicyclic amines) is 1. The molecule has 36 heavy (non-hydrogen) atoms. The number of Topliss-reactive ketones (excluding diaryl/α,β-unsaturated/α-hetero) is 1. The number of carbonyl (C=O) groups excluding carboxylic acids is 2. The zero-order chi connectivity index (χ0) is 25.9. The zero-order valence-electron chi connectivity index (χ0n) is 19.8. The van der Waals surface area contributed by atoms with Gasteiger partial charge >= 0.3 is 12.1 Å². The van der Waals surface area contributed by atoms with Crippen LogP contribution in [0.15, 0.2) is 48.5 Å². The number of aryl methyl sites for hydroxylation is 1. The number of ketones is 1. The molecular formula is C27H29F5N2O2. The van der Waals surface area contributed by atoms with Gasteiger partial charge in [0, 0.05) is 17.0 Å². The van der Waals surface area contributed by atoms with E-state index < -0.39 is 24.6 Å². The molecule has 9 heteroatoms. The lowest BCUT2D eigenvalue weighted by atomic mass is 9.80. The number of rotatable bonds is 7. The summed E-state index contributed by atoms with van der Waals surface area (Å²) < 4.78 is 63.1. The number of nitrogens with zero attached hydrogens (tertiary/aromatic N) is 1. The van der Waals surface area contributed by atoms with Crippen molar-refractivity contribution in [2.24, 2.45) is 5.92 Å². The maximum absolute atomic E-state index is 13.1. The summed E-state index contributed by atoms with van der Waals surface area (Å²) in [6.07, 6.45) is -1.67. The largest absolute Gasteiger partial charge is 0.455 e. The maximum Gasteiger partial charge on any atom is 0.455 e. The molecule has 4 rings (SSSR count). The average Bonchev–Trinajstić information content (AvgIpc) is 2.87. The Balaban J connectivity index is 1.28. The van der Waals surface area contributed by atoms with Crippen molar-refractivity contribution in [3.05, 3.63) is 70.8 Å². The molecule has 1 fully saturated rings. The topological polar surface area (TPSA) is 49.4 Å². The molecule has 1 aliphatic carbocycles. The van der Waals surface area contributed by atoms with Gasteiger partial charge in [0.1, 0.15) is 0 Å². The predicted molar refractivity (Wildman–Crippen MR) is 125 cm³/mol. The molecule has 1 atom stereocenters. The molecule has 0 radical (unpaired) electrons. The number of alkyl halides is 5. The molecule has 194 valence electrons. The summed E-state index contributed by atoms with van der Waals surface area (Å²) in [6, 6.07) is 14.7. The molecule has 2 aromatic rings. The normalized spacial score (nSPS) is 19.7. The number of hydrogen-bond acceptors (Lipinski definition) is 3. The van der Waals surface area contributed by atoms with E-state index >= 15 is 0 Å². The molecule has 1 unspecified atom stereocenters. The first-order chi connectivity index (χ1) is 17.0. The van der Waals surface area contributed by atoms with Crippen LogP contribution in [0.2, 0.25) is 0 Å². The number of carbonyl (C=O) groups is 2. The minimum atomic E-state index is -5.74. The Hall–Kier alpha value is -2.81. The second-order valence-electron chi connectivity index (χ2n) is 9.67. The highest BCUT2D eigenvalue weighted by molar-refractivity contribution is 6.02. The van der Waals surface area contributed by atoms with Crippen LogP contribution in [0, 0.1) is 5.92 Å². The van der Waals surface area contributed by atoms with Crippen LogP contribution in [0.4, 0.5) is 22.0 Å². The molecule has 1 heterocycles. The summed E-state index contributed by atoms with van der Waals surface area (Å²) in [5.41, 5.74) is 2.44. The van der Waals surface area contributed by atoms with Crippen LogP contribution in [0.5, 0.6) is 0 Å². The molecule has 0 spiro atoms. The Morgan fingerprint density at radius 2 is 1.67 bits per heavy atom. The van der Waals surface area contributed by atoms with Crippen LogP contribution in [0.3, 0.4) is 0 Å². The van der Waals surface area contributed by atoms with Gasteiger partial charge in [-0.25, -0.2) is 0 Å². The quantitative estimate of drug-likeness (QED) is 0.494. The Kier molecular flexibility index (Phi) is 7.78. The molecule has 1 aliphatic heterocycles. The number of halogens is 5. The molecule has 4 nitrogen and oxygen atoms in total. The SMILES string of the molecule is O=C(NCC(F)(F)C(F)(F)F)c1ccc2c(c1)CCC(CCN1CCC(c3ccccc3)CC1)C2=O. The van der Waals surface area contributed by atoms with Crippen molar-refractivity contribution in [3.8, 4) is 0 Å². The number of benzene rings is 2. The summed E-state index contributed by atoms with van der Waals surface area (Å²) in [5, 5.41) is 1.64. The minimum Gasteiger partial charge on any atom is -0.346 e. The third-order valence-corrected chi connectivity index (χ3v) is 7.30. The Bertz CT molecular complexity index is 1080. The second-order valence-corrected chi connectivity index (χ2v) is 9.67. The first-order valence-corrected chi connectivity index (χ1v) is 12.2. The Morgan fingerprint density at radius 3 is 2.33 bits per heavy atom. The summed E-state index contributed by atoms with van der Waals surface area (Å²) in [6.45, 7) is 0.975. The van der Waals surface area contributed by atoms with Gasteiger partial charge in [-0.05, 0) is 80.9 Å². The second kappa shape index (κ2) is 10.7. The fourth-order valence-electron chi connectivity index (χ4n) is 5.09. The number of fused-ring (bicyclic) bond motifs is 1. The molecule has 1 N–H and O–H groups in total. The number of amides is 1. The highest BCUT2D eigenvalue weighted by atomic mass is 19.4. The van der Waals surface area contributed by atoms with E-state index in [4.69, 9.17) is 0 Å². The number of piperidine rings is 1. The van der Waals surface area contributed by atoms with Crippen LogP contribution in [0.25, 0.3) is 0 Å². The Labute approximate surface area is 206 Å². The number of nitrogens with one attached hydrogen (secondary N) is 1. The van der Waals surface area contributed by atoms with Gasteiger partial charge in [0.2, 0.25) is 0 Å². The fourth-order valence-corrected chi connectivity index (χ4v) is 5.09. The van der Waals surface area contributed by atoms with Crippen LogP contribution in [-0.4, -0.2) is 54.9 Å². The van der Waals surface area contributed by atoms with Crippen molar-refractivity contribution in [1.82, 2.24) is 10.2 Å². The predicted octanol–water partition coefficient (Wildman–Crippen LogP) is 5.63. The summed E-state index contributed by atoms with van der Waals surface area (Å²) in [4.78, 5) is 27.6. The van der Waals surface area contributed by atoms with E-state index in [2.05, 4.69) is 29.2 Å². The average molecular weight is 509 g/mol. The smallest absolute Gasteiger partial charge is 0.346 e. The van der Waals surface area contributed by atoms with Crippen molar-refractivity contribution >= 4 is 11.7 Å². The lowest BCUT2D eigenvalue weighted by Crippen LogP contribution is -2.46. The summed E-state index contributed by atoms with van der Waals surface area (Å²) >= 11 is 0. The van der Waals surface area contributed by atoms with Gasteiger partial charge in [-0.2, -0.15) is 22.0 Å². The van der Waals surface area contributed by atoms with Crippen molar-refractivity contribution in [2.45, 2.75) is 50.1 Å². The molecule has 2 aliphatic rings. The van der Waals surface area contributed by atoms with E-state index in [0.29, 0.717) is 29.9 Å². The van der Waals surface area contributed by atoms with Crippen LogP contribution >= 0.6 is 0 Å². The molecule has 1 amide bonds.